The number of urea groups is 1. The van der Waals surface area contributed by atoms with Crippen LogP contribution in [0.2, 0.25) is 0 Å². The molecule has 6 heteroatoms. The first-order valence-corrected chi connectivity index (χ1v) is 6.94. The Bertz CT molecular complexity index is 509. The molecule has 21 heavy (non-hydrogen) atoms. The van der Waals surface area contributed by atoms with Gasteiger partial charge in [-0.05, 0) is 42.5 Å². The number of benzene rings is 1. The van der Waals surface area contributed by atoms with Crippen LogP contribution >= 0.6 is 0 Å². The highest BCUT2D eigenvalue weighted by Gasteiger charge is 2.39. The number of hydrogen-bond acceptors (Lipinski definition) is 3. The van der Waals surface area contributed by atoms with Gasteiger partial charge in [-0.25, -0.2) is 4.79 Å². The summed E-state index contributed by atoms with van der Waals surface area (Å²) in [6.45, 7) is 0.390. The van der Waals surface area contributed by atoms with E-state index < -0.39 is 5.97 Å². The van der Waals surface area contributed by atoms with Crippen molar-refractivity contribution in [3.63, 3.8) is 0 Å². The first-order chi connectivity index (χ1) is 10.0. The summed E-state index contributed by atoms with van der Waals surface area (Å²) in [6, 6.07) is 6.68. The number of amides is 2. The number of carbonyl (C=O) groups excluding carboxylic acids is 1. The second-order valence-corrected chi connectivity index (χ2v) is 5.46. The Morgan fingerprint density at radius 3 is 2.43 bits per heavy atom. The molecule has 1 aliphatic carbocycles. The average Bonchev–Trinajstić information content (AvgIpc) is 2.42. The summed E-state index contributed by atoms with van der Waals surface area (Å²) in [6.07, 6.45) is 2.83. The van der Waals surface area contributed by atoms with Crippen molar-refractivity contribution < 1.29 is 19.4 Å². The quantitative estimate of drug-likeness (QED) is 0.751. The van der Waals surface area contributed by atoms with Crippen LogP contribution in [0, 0.1) is 5.41 Å². The Kier molecular flexibility index (Phi) is 4.67. The molecule has 0 radical (unpaired) electrons. The second kappa shape index (κ2) is 6.47. The Labute approximate surface area is 123 Å². The molecular weight excluding hydrogens is 272 g/mol. The van der Waals surface area contributed by atoms with Crippen molar-refractivity contribution in [3.8, 4) is 5.75 Å². The van der Waals surface area contributed by atoms with E-state index >= 15 is 0 Å². The van der Waals surface area contributed by atoms with Gasteiger partial charge in [0.05, 0.1) is 13.5 Å². The summed E-state index contributed by atoms with van der Waals surface area (Å²) in [5.74, 6) is -0.0945. The van der Waals surface area contributed by atoms with Crippen LogP contribution in [0.3, 0.4) is 0 Å². The molecule has 1 aromatic rings. The van der Waals surface area contributed by atoms with E-state index in [1.807, 2.05) is 0 Å². The van der Waals surface area contributed by atoms with Gasteiger partial charge in [0.15, 0.2) is 0 Å². The number of nitrogens with one attached hydrogen (secondary N) is 2. The van der Waals surface area contributed by atoms with E-state index in [2.05, 4.69) is 10.6 Å². The molecule has 114 valence electrons. The number of anilines is 1. The third-order valence-electron chi connectivity index (χ3n) is 3.91. The highest BCUT2D eigenvalue weighted by atomic mass is 16.5. The van der Waals surface area contributed by atoms with Crippen molar-refractivity contribution in [3.05, 3.63) is 24.3 Å². The van der Waals surface area contributed by atoms with Gasteiger partial charge in [0.2, 0.25) is 0 Å². The molecule has 2 amide bonds. The maximum Gasteiger partial charge on any atom is 0.319 e. The minimum absolute atomic E-state index is 0.107. The topological polar surface area (TPSA) is 87.7 Å². The molecule has 0 saturated heterocycles. The van der Waals surface area contributed by atoms with Crippen LogP contribution in [0.5, 0.6) is 5.75 Å². The van der Waals surface area contributed by atoms with Crippen LogP contribution < -0.4 is 15.4 Å². The van der Waals surface area contributed by atoms with Crippen molar-refractivity contribution in [2.24, 2.45) is 5.41 Å². The van der Waals surface area contributed by atoms with E-state index in [0.717, 1.165) is 25.0 Å². The average molecular weight is 292 g/mol. The predicted octanol–water partition coefficient (Wildman–Crippen LogP) is 2.46. The van der Waals surface area contributed by atoms with Crippen LogP contribution in [-0.4, -0.2) is 30.8 Å². The second-order valence-electron chi connectivity index (χ2n) is 5.46. The zero-order chi connectivity index (χ0) is 15.3. The molecule has 0 bridgehead atoms. The summed E-state index contributed by atoms with van der Waals surface area (Å²) >= 11 is 0. The number of hydrogen-bond donors (Lipinski definition) is 3. The summed E-state index contributed by atoms with van der Waals surface area (Å²) in [5, 5.41) is 14.4. The lowest BCUT2D eigenvalue weighted by molar-refractivity contribution is -0.141. The van der Waals surface area contributed by atoms with Gasteiger partial charge in [0, 0.05) is 12.2 Å². The molecule has 3 N–H and O–H groups in total. The molecule has 0 aliphatic heterocycles. The van der Waals surface area contributed by atoms with Crippen molar-refractivity contribution >= 4 is 17.7 Å². The first kappa shape index (κ1) is 15.2. The Hall–Kier alpha value is -2.24. The Morgan fingerprint density at radius 1 is 1.29 bits per heavy atom. The lowest BCUT2D eigenvalue weighted by Crippen LogP contribution is -2.44. The van der Waals surface area contributed by atoms with Gasteiger partial charge >= 0.3 is 12.0 Å². The van der Waals surface area contributed by atoms with Gasteiger partial charge in [0.1, 0.15) is 5.75 Å². The molecule has 0 atom stereocenters. The molecule has 0 unspecified atom stereocenters. The van der Waals surface area contributed by atoms with Crippen molar-refractivity contribution in [1.29, 1.82) is 0 Å². The number of methoxy groups -OCH3 is 1. The Balaban J connectivity index is 1.82. The highest BCUT2D eigenvalue weighted by molar-refractivity contribution is 5.89. The van der Waals surface area contributed by atoms with Crippen molar-refractivity contribution in [2.75, 3.05) is 19.0 Å². The summed E-state index contributed by atoms with van der Waals surface area (Å²) < 4.78 is 5.04. The van der Waals surface area contributed by atoms with Gasteiger partial charge in [-0.3, -0.25) is 4.79 Å². The molecule has 1 aromatic carbocycles. The van der Waals surface area contributed by atoms with E-state index in [0.29, 0.717) is 12.2 Å². The zero-order valence-corrected chi connectivity index (χ0v) is 12.0. The fourth-order valence-corrected chi connectivity index (χ4v) is 2.53. The highest BCUT2D eigenvalue weighted by Crippen LogP contribution is 2.43. The van der Waals surface area contributed by atoms with Crippen LogP contribution in [0.25, 0.3) is 0 Å². The Morgan fingerprint density at radius 2 is 1.95 bits per heavy atom. The summed E-state index contributed by atoms with van der Waals surface area (Å²) in [4.78, 5) is 22.7. The van der Waals surface area contributed by atoms with Crippen LogP contribution in [0.1, 0.15) is 25.7 Å². The number of carboxylic acid groups (broad SMARTS) is 1. The normalized spacial score (nSPS) is 15.7. The molecule has 1 aliphatic rings. The molecule has 1 saturated carbocycles. The summed E-state index contributed by atoms with van der Waals surface area (Å²) in [5.41, 5.74) is 0.387. The van der Waals surface area contributed by atoms with Crippen LogP contribution in [-0.2, 0) is 4.79 Å². The third-order valence-corrected chi connectivity index (χ3v) is 3.91. The molecule has 2 rings (SSSR count). The molecular formula is C15H20N2O4. The largest absolute Gasteiger partial charge is 0.497 e. The van der Waals surface area contributed by atoms with Crippen LogP contribution in [0.4, 0.5) is 10.5 Å². The minimum atomic E-state index is -0.813. The molecule has 0 spiro atoms. The van der Waals surface area contributed by atoms with Gasteiger partial charge in [0.25, 0.3) is 0 Å². The zero-order valence-electron chi connectivity index (χ0n) is 12.0. The van der Waals surface area contributed by atoms with E-state index in [4.69, 9.17) is 9.84 Å². The summed E-state index contributed by atoms with van der Waals surface area (Å²) in [7, 11) is 1.58. The number of aliphatic carboxylic acids is 1. The molecule has 1 fully saturated rings. The number of carboxylic acids is 1. The standard InChI is InChI=1S/C15H20N2O4/c1-21-12-5-3-11(4-6-12)17-14(20)16-10-15(7-2-8-15)9-13(18)19/h3-6H,2,7-10H2,1H3,(H,18,19)(H2,16,17,20). The van der Waals surface area contributed by atoms with E-state index in [-0.39, 0.29) is 17.9 Å². The van der Waals surface area contributed by atoms with Crippen molar-refractivity contribution in [2.45, 2.75) is 25.7 Å². The van der Waals surface area contributed by atoms with Gasteiger partial charge in [-0.2, -0.15) is 0 Å². The third kappa shape index (κ3) is 4.11. The smallest absolute Gasteiger partial charge is 0.319 e. The molecule has 0 heterocycles. The van der Waals surface area contributed by atoms with Gasteiger partial charge in [-0.1, -0.05) is 6.42 Å². The first-order valence-electron chi connectivity index (χ1n) is 6.94. The predicted molar refractivity (Wildman–Crippen MR) is 78.6 cm³/mol. The van der Waals surface area contributed by atoms with E-state index in [1.54, 1.807) is 31.4 Å². The number of carbonyl (C=O) groups is 2. The molecule has 0 aromatic heterocycles. The van der Waals surface area contributed by atoms with Crippen molar-refractivity contribution in [1.82, 2.24) is 5.32 Å². The SMILES string of the molecule is COc1ccc(NC(=O)NCC2(CC(=O)O)CCC2)cc1. The lowest BCUT2D eigenvalue weighted by Gasteiger charge is -2.40. The minimum Gasteiger partial charge on any atom is -0.497 e. The fraction of sp³-hybridized carbons (Fsp3) is 0.467. The fourth-order valence-electron chi connectivity index (χ4n) is 2.53. The monoisotopic (exact) mass is 292 g/mol. The number of ether oxygens (including phenoxy) is 1. The maximum atomic E-state index is 11.8. The maximum absolute atomic E-state index is 11.8. The van der Waals surface area contributed by atoms with Crippen LogP contribution in [0.15, 0.2) is 24.3 Å². The van der Waals surface area contributed by atoms with Gasteiger partial charge < -0.3 is 20.5 Å². The molecule has 6 nitrogen and oxygen atoms in total. The van der Waals surface area contributed by atoms with Gasteiger partial charge in [-0.15, -0.1) is 0 Å². The number of rotatable bonds is 6. The van der Waals surface area contributed by atoms with E-state index in [9.17, 15) is 9.59 Å². The lowest BCUT2D eigenvalue weighted by atomic mass is 9.66. The van der Waals surface area contributed by atoms with E-state index in [1.165, 1.54) is 0 Å².